The molecule has 0 saturated carbocycles. The van der Waals surface area contributed by atoms with Gasteiger partial charge in [0.05, 0.1) is 13.2 Å². The van der Waals surface area contributed by atoms with E-state index in [2.05, 4.69) is 13.8 Å². The van der Waals surface area contributed by atoms with Crippen molar-refractivity contribution in [1.29, 1.82) is 0 Å². The normalized spacial score (nSPS) is 12.1. The van der Waals surface area contributed by atoms with Gasteiger partial charge in [-0.1, -0.05) is 239 Å². The number of esters is 1. The average Bonchev–Trinajstić information content (AvgIpc) is 3.11. The zero-order valence-electron chi connectivity index (χ0n) is 33.7. The lowest BCUT2D eigenvalue weighted by atomic mass is 10.0. The van der Waals surface area contributed by atoms with Crippen LogP contribution in [0.4, 0.5) is 0 Å². The minimum atomic E-state index is -0.524. The van der Waals surface area contributed by atoms with Crippen molar-refractivity contribution in [1.82, 2.24) is 0 Å². The summed E-state index contributed by atoms with van der Waals surface area (Å²) in [6.45, 7) is 5.40. The van der Waals surface area contributed by atoms with Crippen LogP contribution in [-0.4, -0.2) is 37.0 Å². The number of rotatable bonds is 43. The third kappa shape index (κ3) is 41.7. The molecule has 0 spiro atoms. The van der Waals surface area contributed by atoms with Crippen molar-refractivity contribution < 1.29 is 19.4 Å². The molecular formula is C45H90O4. The summed E-state index contributed by atoms with van der Waals surface area (Å²) < 4.78 is 11.2. The zero-order valence-corrected chi connectivity index (χ0v) is 33.7. The molecule has 0 rings (SSSR count). The van der Waals surface area contributed by atoms with Crippen LogP contribution >= 0.6 is 0 Å². The quantitative estimate of drug-likeness (QED) is 0.0510. The van der Waals surface area contributed by atoms with Gasteiger partial charge in [0.2, 0.25) is 0 Å². The number of ether oxygens (including phenoxy) is 2. The van der Waals surface area contributed by atoms with Crippen LogP contribution in [0.15, 0.2) is 0 Å². The molecule has 0 amide bonds. The second-order valence-electron chi connectivity index (χ2n) is 15.5. The minimum absolute atomic E-state index is 0.163. The van der Waals surface area contributed by atoms with Crippen molar-refractivity contribution in [3.63, 3.8) is 0 Å². The van der Waals surface area contributed by atoms with E-state index in [1.165, 1.54) is 218 Å². The van der Waals surface area contributed by atoms with E-state index in [0.29, 0.717) is 19.6 Å². The van der Waals surface area contributed by atoms with Crippen LogP contribution in [0, 0.1) is 0 Å². The summed E-state index contributed by atoms with van der Waals surface area (Å²) in [5.41, 5.74) is 0. The first-order valence-electron chi connectivity index (χ1n) is 22.6. The summed E-state index contributed by atoms with van der Waals surface area (Å²) in [6.07, 6.45) is 50.3. The molecule has 0 aliphatic carbocycles. The fraction of sp³-hybridized carbons (Fsp3) is 0.978. The number of aliphatic hydroxyl groups excluding tert-OH is 1. The van der Waals surface area contributed by atoms with Crippen LogP contribution in [0.3, 0.4) is 0 Å². The van der Waals surface area contributed by atoms with Gasteiger partial charge in [-0.25, -0.2) is 0 Å². The van der Waals surface area contributed by atoms with E-state index in [1.54, 1.807) is 0 Å². The third-order valence-electron chi connectivity index (χ3n) is 10.4. The largest absolute Gasteiger partial charge is 0.457 e. The Morgan fingerprint density at radius 2 is 0.673 bits per heavy atom. The molecule has 1 atom stereocenters. The highest BCUT2D eigenvalue weighted by Crippen LogP contribution is 2.17. The zero-order chi connectivity index (χ0) is 35.6. The molecule has 0 aliphatic heterocycles. The number of unbranched alkanes of at least 4 members (excludes halogenated alkanes) is 35. The number of hydrogen-bond acceptors (Lipinski definition) is 4. The topological polar surface area (TPSA) is 55.8 Å². The van der Waals surface area contributed by atoms with Crippen LogP contribution in [-0.2, 0) is 14.3 Å². The predicted octanol–water partition coefficient (Wildman–Crippen LogP) is 14.8. The Bertz CT molecular complexity index is 609. The summed E-state index contributed by atoms with van der Waals surface area (Å²) in [4.78, 5) is 12.2. The van der Waals surface area contributed by atoms with Gasteiger partial charge in [-0.05, 0) is 12.8 Å². The average molecular weight is 695 g/mol. The van der Waals surface area contributed by atoms with Gasteiger partial charge in [0, 0.05) is 13.0 Å². The predicted molar refractivity (Wildman–Crippen MR) is 215 cm³/mol. The standard InChI is InChI=1S/C45H90O4/c1-3-5-7-9-11-13-15-17-18-19-20-21-22-23-24-25-26-27-28-30-32-34-36-38-40-45(47)49-44(42-46)43-48-41-39-37-35-33-31-29-16-14-12-10-8-6-4-2/h44,46H,3-43H2,1-2H3. The third-order valence-corrected chi connectivity index (χ3v) is 10.4. The summed E-state index contributed by atoms with van der Waals surface area (Å²) in [5.74, 6) is -0.192. The minimum Gasteiger partial charge on any atom is -0.457 e. The van der Waals surface area contributed by atoms with Crippen molar-refractivity contribution in [3.05, 3.63) is 0 Å². The number of carbonyl (C=O) groups excluding carboxylic acids is 1. The van der Waals surface area contributed by atoms with E-state index in [-0.39, 0.29) is 12.6 Å². The number of aliphatic hydroxyl groups is 1. The fourth-order valence-electron chi connectivity index (χ4n) is 7.04. The van der Waals surface area contributed by atoms with Gasteiger partial charge in [0.15, 0.2) is 0 Å². The first-order chi connectivity index (χ1) is 24.2. The SMILES string of the molecule is CCCCCCCCCCCCCCCCCCCCCCCCCCC(=O)OC(CO)COCCCCCCCCCCCCCCC. The molecule has 0 bridgehead atoms. The Hall–Kier alpha value is -0.610. The molecule has 0 aromatic carbocycles. The van der Waals surface area contributed by atoms with Gasteiger partial charge < -0.3 is 14.6 Å². The molecule has 1 N–H and O–H groups in total. The molecule has 49 heavy (non-hydrogen) atoms. The van der Waals surface area contributed by atoms with Gasteiger partial charge in [-0.2, -0.15) is 0 Å². The maximum absolute atomic E-state index is 12.2. The first kappa shape index (κ1) is 48.4. The van der Waals surface area contributed by atoms with E-state index >= 15 is 0 Å². The molecule has 4 heteroatoms. The van der Waals surface area contributed by atoms with E-state index < -0.39 is 6.10 Å². The summed E-state index contributed by atoms with van der Waals surface area (Å²) in [7, 11) is 0. The second kappa shape index (κ2) is 43.6. The highest BCUT2D eigenvalue weighted by Gasteiger charge is 2.13. The van der Waals surface area contributed by atoms with Crippen molar-refractivity contribution in [2.75, 3.05) is 19.8 Å². The Morgan fingerprint density at radius 3 is 0.959 bits per heavy atom. The molecule has 294 valence electrons. The van der Waals surface area contributed by atoms with Gasteiger partial charge in [-0.3, -0.25) is 4.79 Å². The Balaban J connectivity index is 3.32. The highest BCUT2D eigenvalue weighted by atomic mass is 16.6. The Morgan fingerprint density at radius 1 is 0.408 bits per heavy atom. The second-order valence-corrected chi connectivity index (χ2v) is 15.5. The Kier molecular flexibility index (Phi) is 43.0. The molecule has 0 saturated heterocycles. The Labute approximate surface area is 308 Å². The lowest BCUT2D eigenvalue weighted by Gasteiger charge is -2.16. The lowest BCUT2D eigenvalue weighted by molar-refractivity contribution is -0.154. The van der Waals surface area contributed by atoms with Crippen molar-refractivity contribution in [2.24, 2.45) is 0 Å². The first-order valence-corrected chi connectivity index (χ1v) is 22.6. The smallest absolute Gasteiger partial charge is 0.306 e. The summed E-state index contributed by atoms with van der Waals surface area (Å²) >= 11 is 0. The van der Waals surface area contributed by atoms with Crippen LogP contribution in [0.25, 0.3) is 0 Å². The number of hydrogen-bond donors (Lipinski definition) is 1. The van der Waals surface area contributed by atoms with Crippen LogP contribution in [0.5, 0.6) is 0 Å². The van der Waals surface area contributed by atoms with Crippen molar-refractivity contribution in [3.8, 4) is 0 Å². The van der Waals surface area contributed by atoms with E-state index in [9.17, 15) is 9.90 Å². The monoisotopic (exact) mass is 695 g/mol. The van der Waals surface area contributed by atoms with Crippen molar-refractivity contribution in [2.45, 2.75) is 264 Å². The summed E-state index contributed by atoms with van der Waals surface area (Å²) in [5, 5.41) is 9.59. The molecule has 0 aromatic heterocycles. The molecule has 0 aliphatic rings. The maximum Gasteiger partial charge on any atom is 0.306 e. The van der Waals surface area contributed by atoms with Crippen molar-refractivity contribution >= 4 is 5.97 Å². The van der Waals surface area contributed by atoms with E-state index in [0.717, 1.165) is 19.3 Å². The molecule has 1 unspecified atom stereocenters. The molecular weight excluding hydrogens is 604 g/mol. The van der Waals surface area contributed by atoms with E-state index in [1.807, 2.05) is 0 Å². The van der Waals surface area contributed by atoms with Crippen LogP contribution in [0.1, 0.15) is 258 Å². The van der Waals surface area contributed by atoms with Gasteiger partial charge in [-0.15, -0.1) is 0 Å². The van der Waals surface area contributed by atoms with Gasteiger partial charge in [0.1, 0.15) is 6.10 Å². The summed E-state index contributed by atoms with van der Waals surface area (Å²) in [6, 6.07) is 0. The fourth-order valence-corrected chi connectivity index (χ4v) is 7.04. The number of carbonyl (C=O) groups is 1. The lowest BCUT2D eigenvalue weighted by Crippen LogP contribution is -2.27. The van der Waals surface area contributed by atoms with Crippen LogP contribution in [0.2, 0.25) is 0 Å². The molecule has 0 heterocycles. The molecule has 0 radical (unpaired) electrons. The molecule has 0 aromatic rings. The van der Waals surface area contributed by atoms with E-state index in [4.69, 9.17) is 9.47 Å². The molecule has 4 nitrogen and oxygen atoms in total. The molecule has 0 fully saturated rings. The highest BCUT2D eigenvalue weighted by molar-refractivity contribution is 5.69. The van der Waals surface area contributed by atoms with Gasteiger partial charge in [0.25, 0.3) is 0 Å². The van der Waals surface area contributed by atoms with Crippen LogP contribution < -0.4 is 0 Å². The van der Waals surface area contributed by atoms with Gasteiger partial charge >= 0.3 is 5.97 Å². The maximum atomic E-state index is 12.2.